The fraction of sp³-hybridized carbons (Fsp3) is 0.350. The highest BCUT2D eigenvalue weighted by Gasteiger charge is 2.44. The molecule has 0 aromatic heterocycles. The lowest BCUT2D eigenvalue weighted by molar-refractivity contribution is 0.0734. The Morgan fingerprint density at radius 3 is 2.68 bits per heavy atom. The Balaban J connectivity index is 1.37. The first kappa shape index (κ1) is 16.3. The van der Waals surface area contributed by atoms with E-state index in [-0.39, 0.29) is 11.5 Å². The third kappa shape index (κ3) is 3.19. The molecule has 2 heterocycles. The largest absolute Gasteiger partial charge is 0.492 e. The highest BCUT2D eigenvalue weighted by Crippen LogP contribution is 2.46. The van der Waals surface area contributed by atoms with E-state index in [1.54, 1.807) is 4.90 Å². The number of hydrogen-bond acceptors (Lipinski definition) is 3. The minimum Gasteiger partial charge on any atom is -0.492 e. The van der Waals surface area contributed by atoms with Gasteiger partial charge in [0.2, 0.25) is 0 Å². The Kier molecular flexibility index (Phi) is 4.30. The maximum Gasteiger partial charge on any atom is 0.410 e. The van der Waals surface area contributed by atoms with Crippen LogP contribution in [-0.4, -0.2) is 30.7 Å². The Morgan fingerprint density at radius 1 is 1.16 bits per heavy atom. The van der Waals surface area contributed by atoms with Crippen LogP contribution in [0.5, 0.6) is 5.75 Å². The number of nitrogens with zero attached hydrogens (tertiary/aromatic N) is 1. The average Bonchev–Trinajstić information content (AvgIpc) is 2.98. The predicted molar refractivity (Wildman–Crippen MR) is 96.1 cm³/mol. The lowest BCUT2D eigenvalue weighted by Crippen LogP contribution is -2.46. The van der Waals surface area contributed by atoms with Crippen LogP contribution in [0.15, 0.2) is 48.5 Å². The number of likely N-dealkylation sites (tertiary alicyclic amines) is 1. The van der Waals surface area contributed by atoms with Crippen LogP contribution in [0, 0.1) is 0 Å². The molecule has 1 fully saturated rings. The SMILES string of the molecule is O=C(OCc1ccccc1)N1CCC2(CC1)COc1cc(Cl)ccc12. The Labute approximate surface area is 152 Å². The average molecular weight is 358 g/mol. The molecule has 4 nitrogen and oxygen atoms in total. The summed E-state index contributed by atoms with van der Waals surface area (Å²) in [4.78, 5) is 14.1. The van der Waals surface area contributed by atoms with Crippen molar-refractivity contribution in [1.29, 1.82) is 0 Å². The van der Waals surface area contributed by atoms with E-state index in [1.165, 1.54) is 5.56 Å². The zero-order valence-electron chi connectivity index (χ0n) is 13.9. The van der Waals surface area contributed by atoms with Gasteiger partial charge in [-0.25, -0.2) is 4.79 Å². The summed E-state index contributed by atoms with van der Waals surface area (Å²) in [5.74, 6) is 0.882. The summed E-state index contributed by atoms with van der Waals surface area (Å²) >= 11 is 6.05. The summed E-state index contributed by atoms with van der Waals surface area (Å²) in [6.45, 7) is 2.33. The molecule has 2 aromatic carbocycles. The lowest BCUT2D eigenvalue weighted by Gasteiger charge is -2.37. The first-order chi connectivity index (χ1) is 12.2. The van der Waals surface area contributed by atoms with Gasteiger partial charge in [-0.05, 0) is 30.5 Å². The van der Waals surface area contributed by atoms with E-state index >= 15 is 0 Å². The molecule has 0 aliphatic carbocycles. The van der Waals surface area contributed by atoms with Crippen LogP contribution < -0.4 is 4.74 Å². The van der Waals surface area contributed by atoms with Gasteiger partial charge in [-0.15, -0.1) is 0 Å². The third-order valence-electron chi connectivity index (χ3n) is 5.20. The molecule has 25 heavy (non-hydrogen) atoms. The molecule has 2 aliphatic rings. The van der Waals surface area contributed by atoms with Gasteiger partial charge in [-0.1, -0.05) is 48.0 Å². The molecule has 0 radical (unpaired) electrons. The van der Waals surface area contributed by atoms with Crippen LogP contribution in [0.25, 0.3) is 0 Å². The highest BCUT2D eigenvalue weighted by atomic mass is 35.5. The summed E-state index contributed by atoms with van der Waals surface area (Å²) < 4.78 is 11.3. The molecule has 0 atom stereocenters. The number of fused-ring (bicyclic) bond motifs is 2. The van der Waals surface area contributed by atoms with Crippen LogP contribution in [-0.2, 0) is 16.8 Å². The molecule has 1 spiro atoms. The first-order valence-corrected chi connectivity index (χ1v) is 8.93. The minimum absolute atomic E-state index is 0.00384. The van der Waals surface area contributed by atoms with Crippen molar-refractivity contribution in [2.24, 2.45) is 0 Å². The molecule has 1 saturated heterocycles. The van der Waals surface area contributed by atoms with Gasteiger partial charge in [0, 0.05) is 29.1 Å². The fourth-order valence-corrected chi connectivity index (χ4v) is 3.85. The number of carbonyl (C=O) groups excluding carboxylic acids is 1. The number of ether oxygens (including phenoxy) is 2. The molecule has 0 N–H and O–H groups in total. The van der Waals surface area contributed by atoms with Gasteiger partial charge >= 0.3 is 6.09 Å². The molecule has 2 aromatic rings. The lowest BCUT2D eigenvalue weighted by atomic mass is 9.74. The van der Waals surface area contributed by atoms with Crippen molar-refractivity contribution in [3.05, 3.63) is 64.7 Å². The van der Waals surface area contributed by atoms with Crippen LogP contribution in [0.2, 0.25) is 5.02 Å². The molecule has 4 rings (SSSR count). The molecular weight excluding hydrogens is 338 g/mol. The van der Waals surface area contributed by atoms with E-state index in [1.807, 2.05) is 42.5 Å². The molecule has 2 aliphatic heterocycles. The third-order valence-corrected chi connectivity index (χ3v) is 5.44. The van der Waals surface area contributed by atoms with Gasteiger partial charge in [0.15, 0.2) is 0 Å². The predicted octanol–water partition coefficient (Wildman–Crippen LogP) is 4.40. The minimum atomic E-state index is -0.242. The maximum absolute atomic E-state index is 12.3. The molecule has 130 valence electrons. The van der Waals surface area contributed by atoms with Crippen molar-refractivity contribution in [2.75, 3.05) is 19.7 Å². The van der Waals surface area contributed by atoms with Crippen molar-refractivity contribution in [3.8, 4) is 5.75 Å². The molecule has 0 bridgehead atoms. The Bertz CT molecular complexity index is 770. The Morgan fingerprint density at radius 2 is 1.92 bits per heavy atom. The van der Waals surface area contributed by atoms with Crippen LogP contribution in [0.3, 0.4) is 0 Å². The molecule has 0 unspecified atom stereocenters. The van der Waals surface area contributed by atoms with E-state index in [0.29, 0.717) is 31.3 Å². The van der Waals surface area contributed by atoms with E-state index in [9.17, 15) is 4.79 Å². The van der Waals surface area contributed by atoms with Gasteiger partial charge in [-0.2, -0.15) is 0 Å². The summed E-state index contributed by atoms with van der Waals surface area (Å²) in [5, 5.41) is 0.692. The van der Waals surface area contributed by atoms with E-state index in [4.69, 9.17) is 21.1 Å². The van der Waals surface area contributed by atoms with E-state index in [0.717, 1.165) is 24.2 Å². The van der Waals surface area contributed by atoms with Crippen molar-refractivity contribution in [2.45, 2.75) is 24.9 Å². The van der Waals surface area contributed by atoms with Crippen LogP contribution in [0.1, 0.15) is 24.0 Å². The molecule has 1 amide bonds. The standard InChI is InChI=1S/C20H20ClNO3/c21-16-6-7-17-18(12-16)25-14-20(17)8-10-22(11-9-20)19(23)24-13-15-4-2-1-3-5-15/h1-7,12H,8-11,13-14H2. The zero-order chi connectivity index (χ0) is 17.3. The molecular formula is C20H20ClNO3. The van der Waals surface area contributed by atoms with Crippen molar-refractivity contribution in [1.82, 2.24) is 4.90 Å². The van der Waals surface area contributed by atoms with E-state index in [2.05, 4.69) is 6.07 Å². The van der Waals surface area contributed by atoms with Gasteiger partial charge < -0.3 is 14.4 Å². The second kappa shape index (κ2) is 6.60. The quantitative estimate of drug-likeness (QED) is 0.799. The highest BCUT2D eigenvalue weighted by molar-refractivity contribution is 6.30. The van der Waals surface area contributed by atoms with Crippen LogP contribution >= 0.6 is 11.6 Å². The fourth-order valence-electron chi connectivity index (χ4n) is 3.69. The van der Waals surface area contributed by atoms with Gasteiger partial charge in [0.05, 0.1) is 6.61 Å². The summed E-state index contributed by atoms with van der Waals surface area (Å²) in [6.07, 6.45) is 1.51. The number of piperidine rings is 1. The van der Waals surface area contributed by atoms with Crippen molar-refractivity contribution in [3.63, 3.8) is 0 Å². The summed E-state index contributed by atoms with van der Waals surface area (Å²) in [7, 11) is 0. The molecule has 5 heteroatoms. The normalized spacial score (nSPS) is 17.9. The van der Waals surface area contributed by atoms with Gasteiger partial charge in [0.25, 0.3) is 0 Å². The number of hydrogen-bond donors (Lipinski definition) is 0. The second-order valence-electron chi connectivity index (χ2n) is 6.74. The van der Waals surface area contributed by atoms with Gasteiger partial charge in [0.1, 0.15) is 12.4 Å². The molecule has 0 saturated carbocycles. The smallest absolute Gasteiger partial charge is 0.410 e. The summed E-state index contributed by atoms with van der Waals surface area (Å²) in [5.41, 5.74) is 2.21. The maximum atomic E-state index is 12.3. The topological polar surface area (TPSA) is 38.8 Å². The van der Waals surface area contributed by atoms with Crippen molar-refractivity contribution >= 4 is 17.7 Å². The number of rotatable bonds is 2. The van der Waals surface area contributed by atoms with Gasteiger partial charge in [-0.3, -0.25) is 0 Å². The second-order valence-corrected chi connectivity index (χ2v) is 7.17. The van der Waals surface area contributed by atoms with Crippen LogP contribution in [0.4, 0.5) is 4.79 Å². The monoisotopic (exact) mass is 357 g/mol. The zero-order valence-corrected chi connectivity index (χ0v) is 14.7. The first-order valence-electron chi connectivity index (χ1n) is 8.55. The number of amides is 1. The number of halogens is 1. The summed E-state index contributed by atoms with van der Waals surface area (Å²) in [6, 6.07) is 15.6. The van der Waals surface area contributed by atoms with Crippen molar-refractivity contribution < 1.29 is 14.3 Å². The Hall–Kier alpha value is -2.20. The number of carbonyl (C=O) groups is 1. The number of benzene rings is 2. The van der Waals surface area contributed by atoms with E-state index < -0.39 is 0 Å².